The van der Waals surface area contributed by atoms with Gasteiger partial charge in [0.2, 0.25) is 0 Å². The molecule has 0 spiro atoms. The summed E-state index contributed by atoms with van der Waals surface area (Å²) in [7, 11) is 0. The summed E-state index contributed by atoms with van der Waals surface area (Å²) in [6, 6.07) is 22.5. The van der Waals surface area contributed by atoms with Crippen LogP contribution in [-0.2, 0) is 16.6 Å². The number of aryl methyl sites for hydroxylation is 2. The zero-order valence-corrected chi connectivity index (χ0v) is 23.9. The zero-order valence-electron chi connectivity index (χ0n) is 23.9. The van der Waals surface area contributed by atoms with Crippen LogP contribution in [0.25, 0.3) is 17.2 Å². The Morgan fingerprint density at radius 1 is 0.811 bits per heavy atom. The minimum absolute atomic E-state index is 0.000301. The Kier molecular flexibility index (Phi) is 10.5. The molecule has 3 aromatic carbocycles. The monoisotopic (exact) mass is 494 g/mol. The van der Waals surface area contributed by atoms with Crippen molar-refractivity contribution in [1.29, 1.82) is 0 Å². The second kappa shape index (κ2) is 13.6. The van der Waals surface area contributed by atoms with Crippen molar-refractivity contribution in [2.75, 3.05) is 0 Å². The van der Waals surface area contributed by atoms with E-state index in [1.165, 1.54) is 58.2 Å². The molecule has 0 amide bonds. The lowest BCUT2D eigenvalue weighted by molar-refractivity contribution is -0.107. The lowest BCUT2D eigenvalue weighted by atomic mass is 9.69. The molecule has 0 aliphatic heterocycles. The number of allylic oxidation sites excluding steroid dienone is 1. The molecular formula is C36H46O. The van der Waals surface area contributed by atoms with Crippen LogP contribution in [0, 0.1) is 19.8 Å². The van der Waals surface area contributed by atoms with E-state index in [9.17, 15) is 4.79 Å². The molecule has 0 radical (unpaired) electrons. The quantitative estimate of drug-likeness (QED) is 0.216. The van der Waals surface area contributed by atoms with E-state index < -0.39 is 0 Å². The topological polar surface area (TPSA) is 17.1 Å². The Morgan fingerprint density at radius 2 is 1.46 bits per heavy atom. The second-order valence-corrected chi connectivity index (χ2v) is 10.8. The predicted octanol–water partition coefficient (Wildman–Crippen LogP) is 10.0. The average Bonchev–Trinajstić information content (AvgIpc) is 2.90. The molecule has 3 rings (SSSR count). The van der Waals surface area contributed by atoms with Gasteiger partial charge < -0.3 is 4.79 Å². The molecule has 0 aliphatic carbocycles. The summed E-state index contributed by atoms with van der Waals surface area (Å²) < 4.78 is 0. The lowest BCUT2D eigenvalue weighted by Crippen LogP contribution is -2.26. The Bertz CT molecular complexity index is 1180. The highest BCUT2D eigenvalue weighted by Gasteiger charge is 2.31. The van der Waals surface area contributed by atoms with Crippen LogP contribution in [0.4, 0.5) is 0 Å². The average molecular weight is 495 g/mol. The van der Waals surface area contributed by atoms with Crippen LogP contribution in [0.1, 0.15) is 99.6 Å². The minimum Gasteiger partial charge on any atom is -0.303 e. The fourth-order valence-electron chi connectivity index (χ4n) is 5.82. The Balaban J connectivity index is 1.86. The van der Waals surface area contributed by atoms with Crippen molar-refractivity contribution in [2.24, 2.45) is 5.92 Å². The molecular weight excluding hydrogens is 448 g/mol. The molecule has 196 valence electrons. The maximum Gasteiger partial charge on any atom is 0.124 e. The van der Waals surface area contributed by atoms with E-state index in [-0.39, 0.29) is 5.41 Å². The molecule has 37 heavy (non-hydrogen) atoms. The Hall–Kier alpha value is -2.93. The summed E-state index contributed by atoms with van der Waals surface area (Å²) in [5, 5.41) is 0. The van der Waals surface area contributed by atoms with Crippen molar-refractivity contribution in [3.8, 4) is 11.1 Å². The summed E-state index contributed by atoms with van der Waals surface area (Å²) in [5.41, 5.74) is 10.3. The van der Waals surface area contributed by atoms with Gasteiger partial charge in [-0.25, -0.2) is 0 Å². The number of carbonyl (C=O) groups excluding carboxylic acids is 1. The lowest BCUT2D eigenvalue weighted by Gasteiger charge is -2.34. The molecule has 1 unspecified atom stereocenters. The zero-order chi connectivity index (χ0) is 26.8. The van der Waals surface area contributed by atoms with Crippen molar-refractivity contribution in [3.05, 3.63) is 100 Å². The van der Waals surface area contributed by atoms with Gasteiger partial charge in [0.25, 0.3) is 0 Å². The maximum atomic E-state index is 10.8. The summed E-state index contributed by atoms with van der Waals surface area (Å²) in [5.74, 6) is 0.810. The molecule has 0 heterocycles. The number of hydrogen-bond acceptors (Lipinski definition) is 1. The van der Waals surface area contributed by atoms with E-state index in [0.717, 1.165) is 37.0 Å². The molecule has 0 bridgehead atoms. The first-order valence-corrected chi connectivity index (χ1v) is 14.3. The van der Waals surface area contributed by atoms with Crippen molar-refractivity contribution in [3.63, 3.8) is 0 Å². The highest BCUT2D eigenvalue weighted by molar-refractivity contribution is 5.69. The van der Waals surface area contributed by atoms with Crippen LogP contribution in [-0.4, -0.2) is 6.29 Å². The van der Waals surface area contributed by atoms with Gasteiger partial charge in [0.05, 0.1) is 0 Å². The van der Waals surface area contributed by atoms with E-state index in [0.29, 0.717) is 6.42 Å². The number of benzene rings is 3. The van der Waals surface area contributed by atoms with Gasteiger partial charge in [0, 0.05) is 11.8 Å². The molecule has 0 aliphatic rings. The fourth-order valence-corrected chi connectivity index (χ4v) is 5.82. The Labute approximate surface area is 226 Å². The first-order chi connectivity index (χ1) is 17.9. The van der Waals surface area contributed by atoms with Crippen LogP contribution in [0.15, 0.2) is 66.7 Å². The van der Waals surface area contributed by atoms with Gasteiger partial charge in [-0.3, -0.25) is 0 Å². The second-order valence-electron chi connectivity index (χ2n) is 10.8. The van der Waals surface area contributed by atoms with Gasteiger partial charge >= 0.3 is 0 Å². The predicted molar refractivity (Wildman–Crippen MR) is 161 cm³/mol. The third-order valence-electron chi connectivity index (χ3n) is 8.30. The van der Waals surface area contributed by atoms with Crippen molar-refractivity contribution in [2.45, 2.75) is 91.9 Å². The molecule has 0 saturated heterocycles. The molecule has 1 atom stereocenters. The standard InChI is InChI=1S/C36H46O/c1-7-12-27(4)13-10-11-14-31-19-20-33(25-28(31)5)36(8-2,9-3)34-21-22-35(29(6)26-34)32-17-15-30(16-18-32)23-24-37/h11,14-22,24-27H,7-10,12-13,23H2,1-6H3/b14-11+. The van der Waals surface area contributed by atoms with Crippen LogP contribution in [0.5, 0.6) is 0 Å². The van der Waals surface area contributed by atoms with Crippen LogP contribution >= 0.6 is 0 Å². The van der Waals surface area contributed by atoms with E-state index in [4.69, 9.17) is 0 Å². The molecule has 0 aromatic heterocycles. The van der Waals surface area contributed by atoms with Crippen molar-refractivity contribution >= 4 is 12.4 Å². The first kappa shape index (κ1) is 28.6. The minimum atomic E-state index is -0.000301. The molecule has 0 fully saturated rings. The fraction of sp³-hybridized carbons (Fsp3) is 0.417. The third-order valence-corrected chi connectivity index (χ3v) is 8.30. The summed E-state index contributed by atoms with van der Waals surface area (Å²) >= 11 is 0. The van der Waals surface area contributed by atoms with Gasteiger partial charge in [-0.1, -0.05) is 113 Å². The van der Waals surface area contributed by atoms with Gasteiger partial charge in [-0.15, -0.1) is 0 Å². The van der Waals surface area contributed by atoms with E-state index >= 15 is 0 Å². The van der Waals surface area contributed by atoms with Gasteiger partial charge in [0.1, 0.15) is 6.29 Å². The number of aldehydes is 1. The van der Waals surface area contributed by atoms with Gasteiger partial charge in [-0.05, 0) is 90.0 Å². The number of rotatable bonds is 13. The SMILES string of the molecule is CCCC(C)CC/C=C/c1ccc(C(CC)(CC)c2ccc(-c3ccc(CC=O)cc3)c(C)c2)cc1C. The molecule has 0 saturated carbocycles. The molecule has 1 heteroatoms. The normalized spacial score (nSPS) is 12.7. The van der Waals surface area contributed by atoms with Crippen LogP contribution in [0.2, 0.25) is 0 Å². The first-order valence-electron chi connectivity index (χ1n) is 14.3. The van der Waals surface area contributed by atoms with Crippen molar-refractivity contribution < 1.29 is 4.79 Å². The third kappa shape index (κ3) is 6.89. The van der Waals surface area contributed by atoms with E-state index in [1.807, 2.05) is 0 Å². The smallest absolute Gasteiger partial charge is 0.124 e. The highest BCUT2D eigenvalue weighted by atomic mass is 16.1. The number of carbonyl (C=O) groups is 1. The Morgan fingerprint density at radius 3 is 2.03 bits per heavy atom. The summed E-state index contributed by atoms with van der Waals surface area (Å²) in [6.07, 6.45) is 13.3. The largest absolute Gasteiger partial charge is 0.303 e. The van der Waals surface area contributed by atoms with E-state index in [2.05, 4.69) is 114 Å². The molecule has 1 nitrogen and oxygen atoms in total. The summed E-state index contributed by atoms with van der Waals surface area (Å²) in [4.78, 5) is 10.8. The summed E-state index contributed by atoms with van der Waals surface area (Å²) in [6.45, 7) is 13.7. The van der Waals surface area contributed by atoms with Gasteiger partial charge in [-0.2, -0.15) is 0 Å². The van der Waals surface area contributed by atoms with Crippen LogP contribution < -0.4 is 0 Å². The molecule has 0 N–H and O–H groups in total. The number of hydrogen-bond donors (Lipinski definition) is 0. The van der Waals surface area contributed by atoms with E-state index in [1.54, 1.807) is 0 Å². The van der Waals surface area contributed by atoms with Crippen LogP contribution in [0.3, 0.4) is 0 Å². The highest BCUT2D eigenvalue weighted by Crippen LogP contribution is 2.41. The molecule has 3 aromatic rings. The van der Waals surface area contributed by atoms with Gasteiger partial charge in [0.15, 0.2) is 0 Å². The maximum absolute atomic E-state index is 10.8. The van der Waals surface area contributed by atoms with Crippen molar-refractivity contribution in [1.82, 2.24) is 0 Å².